The lowest BCUT2D eigenvalue weighted by Gasteiger charge is -2.22. The molecule has 1 unspecified atom stereocenters. The average molecular weight is 304 g/mol. The zero-order valence-electron chi connectivity index (χ0n) is 11.0. The van der Waals surface area contributed by atoms with Gasteiger partial charge in [0.15, 0.2) is 0 Å². The topological polar surface area (TPSA) is 67.4 Å². The number of hydrogen-bond donors (Lipinski definition) is 2. The first-order chi connectivity index (χ1) is 9.12. The van der Waals surface area contributed by atoms with Gasteiger partial charge in [0.25, 0.3) is 0 Å². The molecule has 2 rings (SSSR count). The van der Waals surface area contributed by atoms with Crippen LogP contribution in [0.25, 0.3) is 0 Å². The van der Waals surface area contributed by atoms with Gasteiger partial charge in [-0.2, -0.15) is 0 Å². The van der Waals surface area contributed by atoms with Gasteiger partial charge in [0.2, 0.25) is 10.0 Å². The normalized spacial score (nSPS) is 20.6. The van der Waals surface area contributed by atoms with Crippen molar-refractivity contribution in [1.29, 1.82) is 0 Å². The fourth-order valence-corrected chi connectivity index (χ4v) is 4.35. The van der Waals surface area contributed by atoms with Crippen molar-refractivity contribution in [3.05, 3.63) is 17.0 Å². The van der Waals surface area contributed by atoms with E-state index in [1.807, 2.05) is 12.4 Å². The Hall–Kier alpha value is -0.470. The Balaban J connectivity index is 1.92. The first-order valence-electron chi connectivity index (χ1n) is 6.45. The molecule has 0 radical (unpaired) electrons. The third kappa shape index (κ3) is 4.25. The molecule has 1 saturated heterocycles. The van der Waals surface area contributed by atoms with E-state index in [1.54, 1.807) is 6.07 Å². The third-order valence-electron chi connectivity index (χ3n) is 3.05. The van der Waals surface area contributed by atoms with Crippen molar-refractivity contribution in [2.24, 2.45) is 0 Å². The van der Waals surface area contributed by atoms with Crippen molar-refractivity contribution in [1.82, 2.24) is 10.0 Å². The van der Waals surface area contributed by atoms with Crippen LogP contribution in [0, 0.1) is 0 Å². The molecule has 1 aromatic heterocycles. The van der Waals surface area contributed by atoms with Gasteiger partial charge < -0.3 is 10.1 Å². The highest BCUT2D eigenvalue weighted by Crippen LogP contribution is 2.20. The number of thiophene rings is 1. The lowest BCUT2D eigenvalue weighted by Crippen LogP contribution is -2.35. The number of sulfonamides is 1. The van der Waals surface area contributed by atoms with E-state index in [0.29, 0.717) is 17.3 Å². The summed E-state index contributed by atoms with van der Waals surface area (Å²) in [6.07, 6.45) is 3.12. The van der Waals surface area contributed by atoms with Gasteiger partial charge in [0.05, 0.1) is 6.10 Å². The molecule has 1 aliphatic rings. The summed E-state index contributed by atoms with van der Waals surface area (Å²) in [4.78, 5) is 0. The molecule has 0 aromatic carbocycles. The maximum atomic E-state index is 12.1. The minimum atomic E-state index is -3.40. The smallest absolute Gasteiger partial charge is 0.250 e. The highest BCUT2D eigenvalue weighted by Gasteiger charge is 2.20. The molecule has 108 valence electrons. The Bertz CT molecular complexity index is 493. The highest BCUT2D eigenvalue weighted by molar-refractivity contribution is 7.91. The molecule has 5 nitrogen and oxygen atoms in total. The van der Waals surface area contributed by atoms with Crippen LogP contribution in [0.3, 0.4) is 0 Å². The molecule has 1 aliphatic heterocycles. The van der Waals surface area contributed by atoms with Gasteiger partial charge in [0, 0.05) is 19.7 Å². The summed E-state index contributed by atoms with van der Waals surface area (Å²) in [7, 11) is -1.56. The number of ether oxygens (including phenoxy) is 1. The standard InChI is InChI=1S/C12H20N2O3S2/c1-13-7-10-6-12(18-9-10)19(15,16)14-8-11-4-2-3-5-17-11/h6,9,11,13-14H,2-5,7-8H2,1H3. The van der Waals surface area contributed by atoms with E-state index in [1.165, 1.54) is 11.3 Å². The molecule has 0 bridgehead atoms. The van der Waals surface area contributed by atoms with Crippen molar-refractivity contribution >= 4 is 21.4 Å². The van der Waals surface area contributed by atoms with Gasteiger partial charge in [-0.3, -0.25) is 0 Å². The van der Waals surface area contributed by atoms with Crippen LogP contribution in [0.1, 0.15) is 24.8 Å². The van der Waals surface area contributed by atoms with Gasteiger partial charge in [-0.05, 0) is 43.3 Å². The van der Waals surface area contributed by atoms with Gasteiger partial charge in [0.1, 0.15) is 4.21 Å². The SMILES string of the molecule is CNCc1csc(S(=O)(=O)NCC2CCCCO2)c1. The molecule has 2 heterocycles. The molecule has 7 heteroatoms. The Kier molecular flexibility index (Phi) is 5.35. The molecular formula is C12H20N2O3S2. The second-order valence-corrected chi connectivity index (χ2v) is 7.55. The van der Waals surface area contributed by atoms with Crippen LogP contribution in [-0.4, -0.2) is 34.7 Å². The molecule has 1 atom stereocenters. The lowest BCUT2D eigenvalue weighted by molar-refractivity contribution is 0.0200. The van der Waals surface area contributed by atoms with Gasteiger partial charge in [-0.25, -0.2) is 13.1 Å². The molecule has 0 aliphatic carbocycles. The summed E-state index contributed by atoms with van der Waals surface area (Å²) in [6.45, 7) is 1.77. The predicted molar refractivity (Wildman–Crippen MR) is 75.9 cm³/mol. The van der Waals surface area contributed by atoms with Crippen LogP contribution >= 0.6 is 11.3 Å². The molecule has 1 fully saturated rings. The van der Waals surface area contributed by atoms with Crippen molar-refractivity contribution in [2.75, 3.05) is 20.2 Å². The summed E-state index contributed by atoms with van der Waals surface area (Å²) in [5.41, 5.74) is 0.988. The summed E-state index contributed by atoms with van der Waals surface area (Å²) in [5, 5.41) is 4.87. The summed E-state index contributed by atoms with van der Waals surface area (Å²) < 4.78 is 32.8. The van der Waals surface area contributed by atoms with Gasteiger partial charge >= 0.3 is 0 Å². The largest absolute Gasteiger partial charge is 0.377 e. The van der Waals surface area contributed by atoms with Gasteiger partial charge in [-0.1, -0.05) is 0 Å². The van der Waals surface area contributed by atoms with E-state index < -0.39 is 10.0 Å². The Morgan fingerprint density at radius 1 is 1.47 bits per heavy atom. The minimum Gasteiger partial charge on any atom is -0.377 e. The zero-order chi connectivity index (χ0) is 13.7. The Labute approximate surface area is 118 Å². The fraction of sp³-hybridized carbons (Fsp3) is 0.667. The maximum absolute atomic E-state index is 12.1. The predicted octanol–water partition coefficient (Wildman–Crippen LogP) is 1.31. The Morgan fingerprint density at radius 3 is 3.00 bits per heavy atom. The summed E-state index contributed by atoms with van der Waals surface area (Å²) in [5.74, 6) is 0. The first-order valence-corrected chi connectivity index (χ1v) is 8.81. The van der Waals surface area contributed by atoms with Crippen molar-refractivity contribution in [3.8, 4) is 0 Å². The van der Waals surface area contributed by atoms with E-state index in [4.69, 9.17) is 4.74 Å². The van der Waals surface area contributed by atoms with Crippen LogP contribution in [0.5, 0.6) is 0 Å². The second-order valence-electron chi connectivity index (χ2n) is 4.64. The first kappa shape index (κ1) is 14.9. The fourth-order valence-electron chi connectivity index (χ4n) is 2.03. The Morgan fingerprint density at radius 2 is 2.32 bits per heavy atom. The van der Waals surface area contributed by atoms with Gasteiger partial charge in [-0.15, -0.1) is 11.3 Å². The highest BCUT2D eigenvalue weighted by atomic mass is 32.2. The molecular weight excluding hydrogens is 284 g/mol. The molecule has 0 amide bonds. The molecule has 1 aromatic rings. The minimum absolute atomic E-state index is 0.0141. The molecule has 19 heavy (non-hydrogen) atoms. The van der Waals surface area contributed by atoms with E-state index in [9.17, 15) is 8.42 Å². The van der Waals surface area contributed by atoms with E-state index in [0.717, 1.165) is 31.4 Å². The maximum Gasteiger partial charge on any atom is 0.250 e. The van der Waals surface area contributed by atoms with Crippen molar-refractivity contribution in [2.45, 2.75) is 36.1 Å². The van der Waals surface area contributed by atoms with Crippen LogP contribution in [-0.2, 0) is 21.3 Å². The summed E-state index contributed by atoms with van der Waals surface area (Å²) in [6, 6.07) is 1.71. The zero-order valence-corrected chi connectivity index (χ0v) is 12.6. The quantitative estimate of drug-likeness (QED) is 0.832. The average Bonchev–Trinajstić information content (AvgIpc) is 2.88. The summed E-state index contributed by atoms with van der Waals surface area (Å²) >= 11 is 1.25. The van der Waals surface area contributed by atoms with Crippen LogP contribution in [0.15, 0.2) is 15.7 Å². The van der Waals surface area contributed by atoms with Crippen LogP contribution in [0.2, 0.25) is 0 Å². The number of nitrogens with one attached hydrogen (secondary N) is 2. The van der Waals surface area contributed by atoms with E-state index in [-0.39, 0.29) is 6.10 Å². The van der Waals surface area contributed by atoms with E-state index >= 15 is 0 Å². The number of hydrogen-bond acceptors (Lipinski definition) is 5. The van der Waals surface area contributed by atoms with Crippen molar-refractivity contribution in [3.63, 3.8) is 0 Å². The van der Waals surface area contributed by atoms with E-state index in [2.05, 4.69) is 10.0 Å². The lowest BCUT2D eigenvalue weighted by atomic mass is 10.1. The molecule has 2 N–H and O–H groups in total. The van der Waals surface area contributed by atoms with Crippen LogP contribution in [0.4, 0.5) is 0 Å². The molecule has 0 saturated carbocycles. The monoisotopic (exact) mass is 304 g/mol. The number of rotatable bonds is 6. The van der Waals surface area contributed by atoms with Crippen molar-refractivity contribution < 1.29 is 13.2 Å². The van der Waals surface area contributed by atoms with Crippen LogP contribution < -0.4 is 10.0 Å². The second kappa shape index (κ2) is 6.81. The third-order valence-corrected chi connectivity index (χ3v) is 5.96. The molecule has 0 spiro atoms.